The summed E-state index contributed by atoms with van der Waals surface area (Å²) in [5.74, 6) is 0.242. The number of hydrogen-bond acceptors (Lipinski definition) is 2. The third-order valence-electron chi connectivity index (χ3n) is 4.29. The van der Waals surface area contributed by atoms with Gasteiger partial charge in [-0.15, -0.1) is 0 Å². The largest absolute Gasteiger partial charge is 0.480 e. The van der Waals surface area contributed by atoms with E-state index < -0.39 is 5.97 Å². The maximum atomic E-state index is 11.2. The number of nitrogens with zero attached hydrogens (tertiary/aromatic N) is 1. The lowest BCUT2D eigenvalue weighted by Crippen LogP contribution is -2.49. The van der Waals surface area contributed by atoms with Crippen LogP contribution in [-0.4, -0.2) is 34.6 Å². The van der Waals surface area contributed by atoms with E-state index in [1.54, 1.807) is 0 Å². The second kappa shape index (κ2) is 5.17. The lowest BCUT2D eigenvalue weighted by molar-refractivity contribution is -0.146. The highest BCUT2D eigenvalue weighted by Crippen LogP contribution is 2.33. The third kappa shape index (κ3) is 2.57. The smallest absolute Gasteiger partial charge is 0.320 e. The van der Waals surface area contributed by atoms with Crippen molar-refractivity contribution in [1.29, 1.82) is 0 Å². The molecule has 2 unspecified atom stereocenters. The maximum absolute atomic E-state index is 11.2. The summed E-state index contributed by atoms with van der Waals surface area (Å²) in [5.41, 5.74) is 0. The van der Waals surface area contributed by atoms with Gasteiger partial charge in [0.05, 0.1) is 0 Å². The summed E-state index contributed by atoms with van der Waals surface area (Å²) in [5, 5.41) is 9.22. The van der Waals surface area contributed by atoms with E-state index in [1.807, 2.05) is 0 Å². The minimum Gasteiger partial charge on any atom is -0.480 e. The molecule has 1 N–H and O–H groups in total. The predicted molar refractivity (Wildman–Crippen MR) is 63.4 cm³/mol. The summed E-state index contributed by atoms with van der Waals surface area (Å²) in [6.07, 6.45) is 8.36. The van der Waals surface area contributed by atoms with Gasteiger partial charge in [0.2, 0.25) is 0 Å². The molecule has 2 fully saturated rings. The van der Waals surface area contributed by atoms with Gasteiger partial charge in [0.1, 0.15) is 6.04 Å². The zero-order valence-corrected chi connectivity index (χ0v) is 10.2. The minimum absolute atomic E-state index is 0.219. The van der Waals surface area contributed by atoms with Crippen molar-refractivity contribution in [2.75, 3.05) is 6.54 Å². The van der Waals surface area contributed by atoms with Crippen LogP contribution in [0.2, 0.25) is 0 Å². The molecule has 1 aliphatic heterocycles. The zero-order valence-electron chi connectivity index (χ0n) is 10.2. The van der Waals surface area contributed by atoms with E-state index in [2.05, 4.69) is 11.8 Å². The van der Waals surface area contributed by atoms with Gasteiger partial charge in [-0.05, 0) is 38.6 Å². The Morgan fingerprint density at radius 1 is 1.31 bits per heavy atom. The molecule has 0 aromatic carbocycles. The Morgan fingerprint density at radius 2 is 2.06 bits per heavy atom. The van der Waals surface area contributed by atoms with Crippen molar-refractivity contribution in [3.63, 3.8) is 0 Å². The molecule has 0 aromatic rings. The van der Waals surface area contributed by atoms with Crippen LogP contribution >= 0.6 is 0 Å². The Hall–Kier alpha value is -0.570. The molecule has 3 heteroatoms. The zero-order chi connectivity index (χ0) is 11.5. The SMILES string of the molecule is CC(CC1CCC1)N1CCCCC1C(=O)O. The first kappa shape index (κ1) is 11.9. The van der Waals surface area contributed by atoms with Gasteiger partial charge in [0.15, 0.2) is 0 Å². The molecule has 3 nitrogen and oxygen atoms in total. The van der Waals surface area contributed by atoms with Gasteiger partial charge in [0.25, 0.3) is 0 Å². The topological polar surface area (TPSA) is 40.5 Å². The molecule has 16 heavy (non-hydrogen) atoms. The number of aliphatic carboxylic acids is 1. The van der Waals surface area contributed by atoms with Crippen molar-refractivity contribution in [3.8, 4) is 0 Å². The lowest BCUT2D eigenvalue weighted by Gasteiger charge is -2.40. The Labute approximate surface area is 97.8 Å². The van der Waals surface area contributed by atoms with Crippen LogP contribution in [0.3, 0.4) is 0 Å². The number of hydrogen-bond donors (Lipinski definition) is 1. The molecule has 2 aliphatic rings. The number of rotatable bonds is 4. The fourth-order valence-electron chi connectivity index (χ4n) is 3.09. The molecular weight excluding hydrogens is 202 g/mol. The van der Waals surface area contributed by atoms with E-state index in [4.69, 9.17) is 0 Å². The maximum Gasteiger partial charge on any atom is 0.320 e. The molecule has 0 spiro atoms. The van der Waals surface area contributed by atoms with E-state index in [0.717, 1.165) is 25.3 Å². The summed E-state index contributed by atoms with van der Waals surface area (Å²) in [7, 11) is 0. The van der Waals surface area contributed by atoms with Gasteiger partial charge in [-0.1, -0.05) is 25.7 Å². The normalized spacial score (nSPS) is 29.7. The van der Waals surface area contributed by atoms with Crippen LogP contribution < -0.4 is 0 Å². The first-order valence-electron chi connectivity index (χ1n) is 6.67. The Bertz CT molecular complexity index is 250. The van der Waals surface area contributed by atoms with Crippen molar-refractivity contribution in [1.82, 2.24) is 4.90 Å². The van der Waals surface area contributed by atoms with E-state index in [-0.39, 0.29) is 6.04 Å². The molecule has 2 rings (SSSR count). The second-order valence-corrected chi connectivity index (χ2v) is 5.47. The highest BCUT2D eigenvalue weighted by atomic mass is 16.4. The number of carboxylic acids is 1. The summed E-state index contributed by atoms with van der Waals surface area (Å²) in [6, 6.07) is 0.232. The van der Waals surface area contributed by atoms with E-state index in [9.17, 15) is 9.90 Å². The first-order valence-corrected chi connectivity index (χ1v) is 6.67. The fraction of sp³-hybridized carbons (Fsp3) is 0.923. The second-order valence-electron chi connectivity index (χ2n) is 5.47. The van der Waals surface area contributed by atoms with Crippen LogP contribution in [0.1, 0.15) is 51.9 Å². The molecule has 2 atom stereocenters. The van der Waals surface area contributed by atoms with Gasteiger partial charge in [0, 0.05) is 6.04 Å². The molecule has 1 saturated carbocycles. The van der Waals surface area contributed by atoms with Gasteiger partial charge >= 0.3 is 5.97 Å². The molecule has 92 valence electrons. The van der Waals surface area contributed by atoms with E-state index in [0.29, 0.717) is 6.04 Å². The Kier molecular flexibility index (Phi) is 3.85. The molecule has 0 bridgehead atoms. The van der Waals surface area contributed by atoms with Crippen molar-refractivity contribution < 1.29 is 9.90 Å². The minimum atomic E-state index is -0.625. The first-order chi connectivity index (χ1) is 7.68. The van der Waals surface area contributed by atoms with Crippen LogP contribution in [-0.2, 0) is 4.79 Å². The standard InChI is InChI=1S/C13H23NO2/c1-10(9-11-5-4-6-11)14-8-3-2-7-12(14)13(15)16/h10-12H,2-9H2,1H3,(H,15,16). The van der Waals surface area contributed by atoms with E-state index in [1.165, 1.54) is 32.1 Å². The highest BCUT2D eigenvalue weighted by Gasteiger charge is 2.33. The number of piperidine rings is 1. The average molecular weight is 225 g/mol. The van der Waals surface area contributed by atoms with Crippen LogP contribution in [0.15, 0.2) is 0 Å². The molecule has 1 saturated heterocycles. The summed E-state index contributed by atoms with van der Waals surface area (Å²) >= 11 is 0. The quantitative estimate of drug-likeness (QED) is 0.799. The van der Waals surface area contributed by atoms with Crippen molar-refractivity contribution in [2.45, 2.75) is 64.0 Å². The summed E-state index contributed by atoms with van der Waals surface area (Å²) in [4.78, 5) is 13.4. The molecule has 0 amide bonds. The van der Waals surface area contributed by atoms with Crippen molar-refractivity contribution >= 4 is 5.97 Å². The van der Waals surface area contributed by atoms with E-state index >= 15 is 0 Å². The number of carboxylic acid groups (broad SMARTS) is 1. The molecule has 0 radical (unpaired) electrons. The number of likely N-dealkylation sites (tertiary alicyclic amines) is 1. The summed E-state index contributed by atoms with van der Waals surface area (Å²) < 4.78 is 0. The van der Waals surface area contributed by atoms with Crippen LogP contribution in [0.25, 0.3) is 0 Å². The van der Waals surface area contributed by atoms with Crippen LogP contribution in [0, 0.1) is 5.92 Å². The van der Waals surface area contributed by atoms with Gasteiger partial charge in [-0.2, -0.15) is 0 Å². The Morgan fingerprint density at radius 3 is 2.62 bits per heavy atom. The van der Waals surface area contributed by atoms with Gasteiger partial charge in [-0.25, -0.2) is 0 Å². The fourth-order valence-corrected chi connectivity index (χ4v) is 3.09. The molecule has 0 aromatic heterocycles. The third-order valence-corrected chi connectivity index (χ3v) is 4.29. The summed E-state index contributed by atoms with van der Waals surface area (Å²) in [6.45, 7) is 3.18. The number of carbonyl (C=O) groups is 1. The average Bonchev–Trinajstić information content (AvgIpc) is 2.23. The Balaban J connectivity index is 1.90. The van der Waals surface area contributed by atoms with Crippen LogP contribution in [0.5, 0.6) is 0 Å². The van der Waals surface area contributed by atoms with Gasteiger partial charge in [-0.3, -0.25) is 9.69 Å². The molecular formula is C13H23NO2. The van der Waals surface area contributed by atoms with Crippen LogP contribution in [0.4, 0.5) is 0 Å². The van der Waals surface area contributed by atoms with Crippen molar-refractivity contribution in [2.24, 2.45) is 5.92 Å². The van der Waals surface area contributed by atoms with Crippen molar-refractivity contribution in [3.05, 3.63) is 0 Å². The van der Waals surface area contributed by atoms with Gasteiger partial charge < -0.3 is 5.11 Å². The molecule has 1 heterocycles. The molecule has 1 aliphatic carbocycles. The lowest BCUT2D eigenvalue weighted by atomic mass is 9.80. The monoisotopic (exact) mass is 225 g/mol. The predicted octanol–water partition coefficient (Wildman–Crippen LogP) is 2.50. The highest BCUT2D eigenvalue weighted by molar-refractivity contribution is 5.73.